The molecule has 5 heteroatoms. The molecule has 0 bridgehead atoms. The van der Waals surface area contributed by atoms with Gasteiger partial charge < -0.3 is 10.1 Å². The summed E-state index contributed by atoms with van der Waals surface area (Å²) in [6.45, 7) is 2.05. The van der Waals surface area contributed by atoms with Gasteiger partial charge in [-0.05, 0) is 25.3 Å². The predicted octanol–water partition coefficient (Wildman–Crippen LogP) is 1.26. The van der Waals surface area contributed by atoms with Crippen molar-refractivity contribution in [3.05, 3.63) is 12.3 Å². The van der Waals surface area contributed by atoms with Crippen LogP contribution in [0.25, 0.3) is 0 Å². The van der Waals surface area contributed by atoms with Gasteiger partial charge in [0, 0.05) is 13.2 Å². The van der Waals surface area contributed by atoms with Gasteiger partial charge in [0.2, 0.25) is 0 Å². The minimum absolute atomic E-state index is 0.210. The van der Waals surface area contributed by atoms with Gasteiger partial charge in [-0.2, -0.15) is 0 Å². The first kappa shape index (κ1) is 12.7. The molecule has 0 aromatic carbocycles. The molecular weight excluding hydrogens is 208 g/mol. The van der Waals surface area contributed by atoms with Crippen LogP contribution in [0.5, 0.6) is 0 Å². The number of rotatable bonds is 4. The van der Waals surface area contributed by atoms with E-state index in [2.05, 4.69) is 12.2 Å². The highest BCUT2D eigenvalue weighted by molar-refractivity contribution is 5.76. The minimum atomic E-state index is -0.264. The highest BCUT2D eigenvalue weighted by Crippen LogP contribution is 2.24. The Hall–Kier alpha value is -1.36. The molecule has 1 fully saturated rings. The number of allylic oxidation sites excluding steroid dienone is 1. The molecule has 1 aliphatic rings. The maximum absolute atomic E-state index is 11.6. The average molecular weight is 226 g/mol. The summed E-state index contributed by atoms with van der Waals surface area (Å²) in [7, 11) is 1.55. The van der Waals surface area contributed by atoms with E-state index in [1.54, 1.807) is 7.05 Å². The molecule has 0 aliphatic carbocycles. The maximum atomic E-state index is 11.6. The second-order valence-corrected chi connectivity index (χ2v) is 3.64. The minimum Gasteiger partial charge on any atom is -0.355 e. The lowest BCUT2D eigenvalue weighted by Crippen LogP contribution is -2.41. The monoisotopic (exact) mass is 226 g/mol. The van der Waals surface area contributed by atoms with Crippen LogP contribution in [0.1, 0.15) is 26.2 Å². The molecule has 0 saturated carbocycles. The first-order chi connectivity index (χ1) is 7.72. The third-order valence-corrected chi connectivity index (χ3v) is 2.62. The topological polar surface area (TPSA) is 58.6 Å². The van der Waals surface area contributed by atoms with Gasteiger partial charge in [0.05, 0.1) is 6.10 Å². The number of hydrogen-bond acceptors (Lipinski definition) is 3. The van der Waals surface area contributed by atoms with Crippen LogP contribution in [-0.4, -0.2) is 36.6 Å². The number of aldehydes is 1. The molecule has 16 heavy (non-hydrogen) atoms. The summed E-state index contributed by atoms with van der Waals surface area (Å²) >= 11 is 0. The summed E-state index contributed by atoms with van der Waals surface area (Å²) in [5.41, 5.74) is 0. The standard InChI is InChI=1S/C11H18N2O3/c1-3-9-5-6-10(16-9)13(7-4-8-14)11(15)12-2/h4,7-10H,3,5-6H2,1-2H3,(H,12,15)/b7-4-. The van der Waals surface area contributed by atoms with Crippen LogP contribution in [0.3, 0.4) is 0 Å². The fourth-order valence-electron chi connectivity index (χ4n) is 1.74. The van der Waals surface area contributed by atoms with Gasteiger partial charge in [0.15, 0.2) is 0 Å². The molecule has 0 aromatic heterocycles. The Labute approximate surface area is 95.4 Å². The van der Waals surface area contributed by atoms with Gasteiger partial charge in [-0.3, -0.25) is 9.69 Å². The Balaban J connectivity index is 2.66. The van der Waals surface area contributed by atoms with Crippen LogP contribution in [0.15, 0.2) is 12.3 Å². The van der Waals surface area contributed by atoms with E-state index in [-0.39, 0.29) is 18.4 Å². The van der Waals surface area contributed by atoms with E-state index in [0.717, 1.165) is 19.3 Å². The molecule has 1 saturated heterocycles. The fourth-order valence-corrected chi connectivity index (χ4v) is 1.74. The molecule has 2 atom stereocenters. The number of urea groups is 1. The first-order valence-corrected chi connectivity index (χ1v) is 5.50. The van der Waals surface area contributed by atoms with Crippen LogP contribution in [0, 0.1) is 0 Å². The molecule has 1 aliphatic heterocycles. The molecule has 2 amide bonds. The molecular formula is C11H18N2O3. The maximum Gasteiger partial charge on any atom is 0.323 e. The van der Waals surface area contributed by atoms with Crippen molar-refractivity contribution in [1.82, 2.24) is 10.2 Å². The summed E-state index contributed by atoms with van der Waals surface area (Å²) in [6.07, 6.45) is 6.02. The van der Waals surface area contributed by atoms with E-state index < -0.39 is 0 Å². The number of hydrogen-bond donors (Lipinski definition) is 1. The SMILES string of the molecule is CCC1CCC(N(/C=C\C=O)C(=O)NC)O1. The molecule has 2 unspecified atom stereocenters. The summed E-state index contributed by atoms with van der Waals surface area (Å²) in [6, 6.07) is -0.264. The van der Waals surface area contributed by atoms with Crippen molar-refractivity contribution in [2.24, 2.45) is 0 Å². The van der Waals surface area contributed by atoms with Crippen LogP contribution in [-0.2, 0) is 9.53 Å². The third kappa shape index (κ3) is 3.06. The van der Waals surface area contributed by atoms with Crippen LogP contribution >= 0.6 is 0 Å². The average Bonchev–Trinajstić information content (AvgIpc) is 2.77. The Kier molecular flexibility index (Phi) is 4.98. The molecule has 1 N–H and O–H groups in total. The smallest absolute Gasteiger partial charge is 0.323 e. The van der Waals surface area contributed by atoms with Crippen LogP contribution in [0.2, 0.25) is 0 Å². The molecule has 0 radical (unpaired) electrons. The van der Waals surface area contributed by atoms with Gasteiger partial charge in [0.1, 0.15) is 12.5 Å². The van der Waals surface area contributed by atoms with Gasteiger partial charge in [0.25, 0.3) is 0 Å². The van der Waals surface area contributed by atoms with Crippen LogP contribution < -0.4 is 5.32 Å². The van der Waals surface area contributed by atoms with Gasteiger partial charge in [-0.1, -0.05) is 6.92 Å². The van der Waals surface area contributed by atoms with E-state index >= 15 is 0 Å². The zero-order valence-corrected chi connectivity index (χ0v) is 9.68. The lowest BCUT2D eigenvalue weighted by Gasteiger charge is -2.24. The van der Waals surface area contributed by atoms with Crippen molar-refractivity contribution in [2.45, 2.75) is 38.5 Å². The summed E-state index contributed by atoms with van der Waals surface area (Å²) in [5, 5.41) is 2.52. The quantitative estimate of drug-likeness (QED) is 0.580. The van der Waals surface area contributed by atoms with Crippen molar-refractivity contribution in [3.63, 3.8) is 0 Å². The van der Waals surface area contributed by atoms with Crippen LogP contribution in [0.4, 0.5) is 4.79 Å². The molecule has 1 rings (SSSR count). The highest BCUT2D eigenvalue weighted by Gasteiger charge is 2.30. The second-order valence-electron chi connectivity index (χ2n) is 3.64. The Bertz CT molecular complexity index is 278. The number of amides is 2. The highest BCUT2D eigenvalue weighted by atomic mass is 16.5. The summed E-state index contributed by atoms with van der Waals surface area (Å²) < 4.78 is 5.69. The fraction of sp³-hybridized carbons (Fsp3) is 0.636. The number of ether oxygens (including phenoxy) is 1. The van der Waals surface area contributed by atoms with E-state index in [1.807, 2.05) is 0 Å². The van der Waals surface area contributed by atoms with Crippen molar-refractivity contribution in [3.8, 4) is 0 Å². The van der Waals surface area contributed by atoms with Crippen molar-refractivity contribution < 1.29 is 14.3 Å². The zero-order chi connectivity index (χ0) is 12.0. The number of carbonyl (C=O) groups excluding carboxylic acids is 2. The zero-order valence-electron chi connectivity index (χ0n) is 9.68. The number of carbonyl (C=O) groups is 2. The number of nitrogens with zero attached hydrogens (tertiary/aromatic N) is 1. The normalized spacial score (nSPS) is 24.6. The van der Waals surface area contributed by atoms with Gasteiger partial charge in [-0.15, -0.1) is 0 Å². The van der Waals surface area contributed by atoms with Crippen molar-refractivity contribution in [1.29, 1.82) is 0 Å². The molecule has 5 nitrogen and oxygen atoms in total. The Morgan fingerprint density at radius 2 is 2.31 bits per heavy atom. The van der Waals surface area contributed by atoms with E-state index in [4.69, 9.17) is 4.74 Å². The molecule has 90 valence electrons. The van der Waals surface area contributed by atoms with Gasteiger partial charge >= 0.3 is 6.03 Å². The molecule has 0 aromatic rings. The first-order valence-electron chi connectivity index (χ1n) is 5.50. The summed E-state index contributed by atoms with van der Waals surface area (Å²) in [5.74, 6) is 0. The summed E-state index contributed by atoms with van der Waals surface area (Å²) in [4.78, 5) is 23.3. The second kappa shape index (κ2) is 6.27. The van der Waals surface area contributed by atoms with Gasteiger partial charge in [-0.25, -0.2) is 4.79 Å². The number of nitrogens with one attached hydrogen (secondary N) is 1. The Morgan fingerprint density at radius 1 is 1.56 bits per heavy atom. The molecule has 0 spiro atoms. The molecule has 1 heterocycles. The van der Waals surface area contributed by atoms with E-state index in [9.17, 15) is 9.59 Å². The van der Waals surface area contributed by atoms with Crippen molar-refractivity contribution >= 4 is 12.3 Å². The predicted molar refractivity (Wildman–Crippen MR) is 59.7 cm³/mol. The van der Waals surface area contributed by atoms with E-state index in [1.165, 1.54) is 17.2 Å². The lowest BCUT2D eigenvalue weighted by molar-refractivity contribution is -0.104. The third-order valence-electron chi connectivity index (χ3n) is 2.62. The largest absolute Gasteiger partial charge is 0.355 e. The Morgan fingerprint density at radius 3 is 2.81 bits per heavy atom. The van der Waals surface area contributed by atoms with E-state index in [0.29, 0.717) is 6.29 Å². The van der Waals surface area contributed by atoms with Crippen molar-refractivity contribution in [2.75, 3.05) is 7.05 Å². The lowest BCUT2D eigenvalue weighted by atomic mass is 10.2.